The Morgan fingerprint density at radius 3 is 2.66 bits per heavy atom. The van der Waals surface area contributed by atoms with E-state index in [2.05, 4.69) is 10.6 Å². The first-order chi connectivity index (χ1) is 14.0. The molecule has 0 aliphatic carbocycles. The molecule has 1 aliphatic heterocycles. The van der Waals surface area contributed by atoms with Crippen LogP contribution in [0, 0.1) is 5.92 Å². The van der Waals surface area contributed by atoms with Crippen LogP contribution in [0.25, 0.3) is 0 Å². The molecule has 3 amide bonds. The summed E-state index contributed by atoms with van der Waals surface area (Å²) in [5, 5.41) is 5.48. The van der Waals surface area contributed by atoms with Crippen molar-refractivity contribution in [3.63, 3.8) is 0 Å². The van der Waals surface area contributed by atoms with Crippen molar-refractivity contribution in [2.45, 2.75) is 6.42 Å². The van der Waals surface area contributed by atoms with Crippen LogP contribution in [-0.2, 0) is 9.59 Å². The van der Waals surface area contributed by atoms with Gasteiger partial charge in [-0.2, -0.15) is 0 Å². The first kappa shape index (κ1) is 20.3. The molecule has 4 N–H and O–H groups in total. The van der Waals surface area contributed by atoms with E-state index < -0.39 is 5.92 Å². The van der Waals surface area contributed by atoms with E-state index in [1.54, 1.807) is 41.3 Å². The van der Waals surface area contributed by atoms with E-state index in [4.69, 9.17) is 10.5 Å². The average Bonchev–Trinajstić information content (AvgIpc) is 3.14. The molecular weight excluding hydrogens is 372 g/mol. The summed E-state index contributed by atoms with van der Waals surface area (Å²) >= 11 is 0. The molecule has 2 aromatic carbocycles. The van der Waals surface area contributed by atoms with Gasteiger partial charge in [-0.25, -0.2) is 0 Å². The number of nitrogens with one attached hydrogen (secondary N) is 2. The lowest BCUT2D eigenvalue weighted by Gasteiger charge is -2.19. The molecule has 0 bridgehead atoms. The van der Waals surface area contributed by atoms with E-state index in [9.17, 15) is 14.4 Å². The van der Waals surface area contributed by atoms with Crippen LogP contribution in [-0.4, -0.2) is 44.5 Å². The molecule has 1 unspecified atom stereocenters. The van der Waals surface area contributed by atoms with Gasteiger partial charge >= 0.3 is 0 Å². The minimum Gasteiger partial charge on any atom is -0.495 e. The summed E-state index contributed by atoms with van der Waals surface area (Å²) in [5.74, 6) is -0.737. The number of nitrogens with zero attached hydrogens (tertiary/aromatic N) is 1. The number of ether oxygens (including phenoxy) is 1. The van der Waals surface area contributed by atoms with E-state index in [1.165, 1.54) is 7.11 Å². The molecule has 29 heavy (non-hydrogen) atoms. The Labute approximate surface area is 169 Å². The number of nitrogens with two attached hydrogens (primary N) is 1. The molecule has 152 valence electrons. The van der Waals surface area contributed by atoms with E-state index in [1.807, 2.05) is 12.1 Å². The van der Waals surface area contributed by atoms with Crippen LogP contribution in [0.2, 0.25) is 0 Å². The Morgan fingerprint density at radius 1 is 1.17 bits per heavy atom. The van der Waals surface area contributed by atoms with Crippen LogP contribution in [0.4, 0.5) is 11.4 Å². The van der Waals surface area contributed by atoms with Gasteiger partial charge in [-0.05, 0) is 24.3 Å². The largest absolute Gasteiger partial charge is 0.495 e. The number of methoxy groups -OCH3 is 1. The summed E-state index contributed by atoms with van der Waals surface area (Å²) in [6.07, 6.45) is 0.0887. The van der Waals surface area contributed by atoms with E-state index >= 15 is 0 Å². The van der Waals surface area contributed by atoms with E-state index in [-0.39, 0.29) is 30.7 Å². The number of carbonyl (C=O) groups is 3. The highest BCUT2D eigenvalue weighted by atomic mass is 16.5. The van der Waals surface area contributed by atoms with Crippen LogP contribution < -0.4 is 26.0 Å². The van der Waals surface area contributed by atoms with Gasteiger partial charge in [-0.3, -0.25) is 14.4 Å². The summed E-state index contributed by atoms with van der Waals surface area (Å²) in [6, 6.07) is 13.9. The maximum Gasteiger partial charge on any atom is 0.253 e. The summed E-state index contributed by atoms with van der Waals surface area (Å²) in [5.41, 5.74) is 6.80. The van der Waals surface area contributed by atoms with Crippen molar-refractivity contribution in [1.29, 1.82) is 0 Å². The van der Waals surface area contributed by atoms with Gasteiger partial charge in [0.15, 0.2) is 0 Å². The fourth-order valence-corrected chi connectivity index (χ4v) is 3.27. The molecule has 0 aromatic heterocycles. The van der Waals surface area contributed by atoms with Gasteiger partial charge in [-0.1, -0.05) is 24.3 Å². The van der Waals surface area contributed by atoms with E-state index in [0.717, 1.165) is 0 Å². The Hall–Kier alpha value is -3.39. The molecule has 0 saturated carbocycles. The van der Waals surface area contributed by atoms with Crippen molar-refractivity contribution in [1.82, 2.24) is 5.32 Å². The number of amides is 3. The smallest absolute Gasteiger partial charge is 0.253 e. The number of hydrogen-bond acceptors (Lipinski definition) is 5. The lowest BCUT2D eigenvalue weighted by molar-refractivity contribution is -0.122. The number of benzene rings is 2. The number of rotatable bonds is 7. The highest BCUT2D eigenvalue weighted by Crippen LogP contribution is 2.33. The normalized spacial score (nSPS) is 15.9. The van der Waals surface area contributed by atoms with Crippen LogP contribution in [0.5, 0.6) is 5.75 Å². The second kappa shape index (κ2) is 9.20. The number of hydrogen-bond donors (Lipinski definition) is 3. The fourth-order valence-electron chi connectivity index (χ4n) is 3.27. The minimum atomic E-state index is -0.535. The fraction of sp³-hybridized carbons (Fsp3) is 0.286. The third kappa shape index (κ3) is 4.55. The predicted molar refractivity (Wildman–Crippen MR) is 110 cm³/mol. The summed E-state index contributed by atoms with van der Waals surface area (Å²) < 4.78 is 5.32. The third-order valence-corrected chi connectivity index (χ3v) is 4.73. The van der Waals surface area contributed by atoms with Crippen LogP contribution in [0.15, 0.2) is 48.5 Å². The Morgan fingerprint density at radius 2 is 1.90 bits per heavy atom. The number of carbonyl (C=O) groups excluding carboxylic acids is 3. The van der Waals surface area contributed by atoms with Crippen molar-refractivity contribution in [2.24, 2.45) is 11.7 Å². The number of para-hydroxylation sites is 3. The van der Waals surface area contributed by atoms with Crippen molar-refractivity contribution in [2.75, 3.05) is 37.0 Å². The highest BCUT2D eigenvalue weighted by Gasteiger charge is 2.36. The highest BCUT2D eigenvalue weighted by molar-refractivity contribution is 6.07. The van der Waals surface area contributed by atoms with Crippen molar-refractivity contribution in [3.8, 4) is 5.75 Å². The molecular formula is C21H24N4O4. The molecule has 1 aliphatic rings. The molecule has 1 fully saturated rings. The van der Waals surface area contributed by atoms with Gasteiger partial charge in [0.1, 0.15) is 5.75 Å². The monoisotopic (exact) mass is 396 g/mol. The van der Waals surface area contributed by atoms with Crippen molar-refractivity contribution >= 4 is 29.1 Å². The Kier molecular flexibility index (Phi) is 6.46. The summed E-state index contributed by atoms with van der Waals surface area (Å²) in [7, 11) is 1.54. The van der Waals surface area contributed by atoms with Gasteiger partial charge in [0, 0.05) is 26.1 Å². The first-order valence-electron chi connectivity index (χ1n) is 9.36. The summed E-state index contributed by atoms with van der Waals surface area (Å²) in [6.45, 7) is 0.905. The molecule has 1 atom stereocenters. The van der Waals surface area contributed by atoms with Gasteiger partial charge in [0.05, 0.1) is 30.0 Å². The predicted octanol–water partition coefficient (Wildman–Crippen LogP) is 1.38. The molecule has 0 spiro atoms. The molecule has 8 heteroatoms. The molecule has 0 radical (unpaired) electrons. The minimum absolute atomic E-state index is 0.0887. The zero-order valence-corrected chi connectivity index (χ0v) is 16.2. The topological polar surface area (TPSA) is 114 Å². The molecule has 3 rings (SSSR count). The molecule has 8 nitrogen and oxygen atoms in total. The maximum absolute atomic E-state index is 12.8. The van der Waals surface area contributed by atoms with Gasteiger partial charge < -0.3 is 26.0 Å². The zero-order chi connectivity index (χ0) is 20.8. The average molecular weight is 396 g/mol. The van der Waals surface area contributed by atoms with Gasteiger partial charge in [0.25, 0.3) is 5.91 Å². The second-order valence-corrected chi connectivity index (χ2v) is 6.66. The SMILES string of the molecule is COc1ccccc1N1CC(C(=O)Nc2ccccc2C(=O)NCCN)CC1=O. The molecule has 1 heterocycles. The Bertz CT molecular complexity index is 915. The molecule has 2 aromatic rings. The summed E-state index contributed by atoms with van der Waals surface area (Å²) in [4.78, 5) is 39.2. The van der Waals surface area contributed by atoms with Crippen molar-refractivity contribution < 1.29 is 19.1 Å². The van der Waals surface area contributed by atoms with Crippen LogP contribution >= 0.6 is 0 Å². The van der Waals surface area contributed by atoms with E-state index in [0.29, 0.717) is 35.8 Å². The lowest BCUT2D eigenvalue weighted by atomic mass is 10.1. The van der Waals surface area contributed by atoms with Crippen molar-refractivity contribution in [3.05, 3.63) is 54.1 Å². The quantitative estimate of drug-likeness (QED) is 0.654. The Balaban J connectivity index is 1.73. The third-order valence-electron chi connectivity index (χ3n) is 4.73. The second-order valence-electron chi connectivity index (χ2n) is 6.66. The maximum atomic E-state index is 12.8. The van der Waals surface area contributed by atoms with Crippen LogP contribution in [0.3, 0.4) is 0 Å². The van der Waals surface area contributed by atoms with Crippen LogP contribution in [0.1, 0.15) is 16.8 Å². The van der Waals surface area contributed by atoms with Gasteiger partial charge in [-0.15, -0.1) is 0 Å². The van der Waals surface area contributed by atoms with Gasteiger partial charge in [0.2, 0.25) is 11.8 Å². The lowest BCUT2D eigenvalue weighted by Crippen LogP contribution is -2.31. The molecule has 1 saturated heterocycles. The standard InChI is InChI=1S/C21H24N4O4/c1-29-18-9-5-4-8-17(18)25-13-14(12-19(25)26)20(27)24-16-7-3-2-6-15(16)21(28)23-11-10-22/h2-9,14H,10-13,22H2,1H3,(H,23,28)(H,24,27). The first-order valence-corrected chi connectivity index (χ1v) is 9.36. The number of anilines is 2. The zero-order valence-electron chi connectivity index (χ0n) is 16.2.